The van der Waals surface area contributed by atoms with Gasteiger partial charge in [-0.3, -0.25) is 5.48 Å². The molecule has 0 aromatic carbocycles. The van der Waals surface area contributed by atoms with Crippen LogP contribution in [0.15, 0.2) is 12.3 Å². The van der Waals surface area contributed by atoms with E-state index >= 15 is 0 Å². The van der Waals surface area contributed by atoms with Crippen LogP contribution in [0.2, 0.25) is 0 Å². The highest BCUT2D eigenvalue weighted by Gasteiger charge is 2.11. The Morgan fingerprint density at radius 3 is 2.22 bits per heavy atom. The van der Waals surface area contributed by atoms with Gasteiger partial charge in [0, 0.05) is 5.70 Å². The molecule has 0 aromatic rings. The predicted molar refractivity (Wildman–Crippen MR) is 35.3 cm³/mol. The standard InChI is InChI=1S/C6H13NO2/c1-5(2)7-9-6(3,4)8/h7-8H,1H2,2-4H3. The molecular formula is C6H13NO2. The quantitative estimate of drug-likeness (QED) is 0.439. The summed E-state index contributed by atoms with van der Waals surface area (Å²) in [4.78, 5) is 4.70. The van der Waals surface area contributed by atoms with Gasteiger partial charge < -0.3 is 5.11 Å². The molecule has 0 saturated heterocycles. The summed E-state index contributed by atoms with van der Waals surface area (Å²) in [5.74, 6) is -1.14. The van der Waals surface area contributed by atoms with Gasteiger partial charge in [-0.15, -0.1) is 0 Å². The molecule has 2 N–H and O–H groups in total. The monoisotopic (exact) mass is 131 g/mol. The first-order chi connectivity index (χ1) is 3.92. The first-order valence-electron chi connectivity index (χ1n) is 2.74. The van der Waals surface area contributed by atoms with E-state index in [0.29, 0.717) is 5.70 Å². The van der Waals surface area contributed by atoms with E-state index < -0.39 is 5.79 Å². The van der Waals surface area contributed by atoms with Crippen molar-refractivity contribution in [3.63, 3.8) is 0 Å². The third kappa shape index (κ3) is 7.46. The molecule has 0 bridgehead atoms. The van der Waals surface area contributed by atoms with Crippen LogP contribution in [-0.2, 0) is 4.84 Å². The van der Waals surface area contributed by atoms with Gasteiger partial charge in [-0.2, -0.15) is 0 Å². The Hall–Kier alpha value is -0.540. The van der Waals surface area contributed by atoms with E-state index in [0.717, 1.165) is 0 Å². The number of hydrogen-bond acceptors (Lipinski definition) is 3. The molecule has 0 spiro atoms. The summed E-state index contributed by atoms with van der Waals surface area (Å²) >= 11 is 0. The first kappa shape index (κ1) is 8.46. The Morgan fingerprint density at radius 2 is 2.11 bits per heavy atom. The SMILES string of the molecule is C=C(C)NOC(C)(C)O. The van der Waals surface area contributed by atoms with Crippen LogP contribution in [0, 0.1) is 0 Å². The second-order valence-corrected chi connectivity index (χ2v) is 2.43. The number of allylic oxidation sites excluding steroid dienone is 1. The number of nitrogens with one attached hydrogen (secondary N) is 1. The second kappa shape index (κ2) is 2.85. The molecule has 0 heterocycles. The lowest BCUT2D eigenvalue weighted by Crippen LogP contribution is -2.30. The summed E-state index contributed by atoms with van der Waals surface area (Å²) < 4.78 is 0. The van der Waals surface area contributed by atoms with E-state index in [-0.39, 0.29) is 0 Å². The second-order valence-electron chi connectivity index (χ2n) is 2.43. The van der Waals surface area contributed by atoms with Gasteiger partial charge in [-0.25, -0.2) is 4.84 Å². The highest BCUT2D eigenvalue weighted by atomic mass is 16.7. The van der Waals surface area contributed by atoms with Crippen molar-refractivity contribution in [2.75, 3.05) is 0 Å². The molecule has 0 atom stereocenters. The van der Waals surface area contributed by atoms with Gasteiger partial charge in [0.2, 0.25) is 0 Å². The number of aliphatic hydroxyl groups is 1. The zero-order valence-corrected chi connectivity index (χ0v) is 6.06. The van der Waals surface area contributed by atoms with E-state index in [1.54, 1.807) is 6.92 Å². The van der Waals surface area contributed by atoms with Crippen LogP contribution in [0.3, 0.4) is 0 Å². The molecule has 3 heteroatoms. The summed E-state index contributed by atoms with van der Waals surface area (Å²) in [5.41, 5.74) is 3.10. The fraction of sp³-hybridized carbons (Fsp3) is 0.667. The predicted octanol–water partition coefficient (Wildman–Crippen LogP) is 0.770. The first-order valence-corrected chi connectivity index (χ1v) is 2.74. The smallest absolute Gasteiger partial charge is 0.185 e. The van der Waals surface area contributed by atoms with Crippen LogP contribution in [0.4, 0.5) is 0 Å². The highest BCUT2D eigenvalue weighted by Crippen LogP contribution is 2.00. The van der Waals surface area contributed by atoms with E-state index in [1.807, 2.05) is 0 Å². The third-order valence-corrected chi connectivity index (χ3v) is 0.475. The van der Waals surface area contributed by atoms with Crippen molar-refractivity contribution in [1.29, 1.82) is 0 Å². The van der Waals surface area contributed by atoms with Gasteiger partial charge >= 0.3 is 0 Å². The van der Waals surface area contributed by atoms with Crippen molar-refractivity contribution in [2.45, 2.75) is 26.6 Å². The summed E-state index contributed by atoms with van der Waals surface area (Å²) in [6.45, 7) is 8.31. The molecule has 0 rings (SSSR count). The number of hydrogen-bond donors (Lipinski definition) is 2. The molecule has 0 aliphatic carbocycles. The van der Waals surface area contributed by atoms with Crippen LogP contribution in [-0.4, -0.2) is 10.9 Å². The number of hydroxylamine groups is 1. The lowest BCUT2D eigenvalue weighted by atomic mass is 10.4. The average Bonchev–Trinajstić information content (AvgIpc) is 1.59. The fourth-order valence-corrected chi connectivity index (χ4v) is 0.212. The largest absolute Gasteiger partial charge is 0.364 e. The normalized spacial score (nSPS) is 11.1. The van der Waals surface area contributed by atoms with Crippen LogP contribution < -0.4 is 5.48 Å². The molecule has 0 aromatic heterocycles. The van der Waals surface area contributed by atoms with E-state index in [1.165, 1.54) is 13.8 Å². The van der Waals surface area contributed by atoms with Crippen molar-refractivity contribution in [2.24, 2.45) is 0 Å². The Morgan fingerprint density at radius 1 is 1.67 bits per heavy atom. The molecule has 0 aliphatic heterocycles. The Balaban J connectivity index is 3.39. The Kier molecular flexibility index (Phi) is 2.67. The summed E-state index contributed by atoms with van der Waals surface area (Å²) in [6.07, 6.45) is 0. The van der Waals surface area contributed by atoms with E-state index in [4.69, 9.17) is 9.94 Å². The summed E-state index contributed by atoms with van der Waals surface area (Å²) in [5, 5.41) is 8.94. The van der Waals surface area contributed by atoms with Crippen LogP contribution in [0.5, 0.6) is 0 Å². The van der Waals surface area contributed by atoms with Crippen LogP contribution in [0.25, 0.3) is 0 Å². The molecule has 0 unspecified atom stereocenters. The molecule has 0 amide bonds. The maximum Gasteiger partial charge on any atom is 0.185 e. The number of rotatable bonds is 3. The molecule has 0 radical (unpaired) electrons. The molecule has 54 valence electrons. The van der Waals surface area contributed by atoms with Crippen molar-refractivity contribution in [3.8, 4) is 0 Å². The minimum atomic E-state index is -1.14. The van der Waals surface area contributed by atoms with Gasteiger partial charge in [0.1, 0.15) is 0 Å². The van der Waals surface area contributed by atoms with Crippen molar-refractivity contribution in [1.82, 2.24) is 5.48 Å². The van der Waals surface area contributed by atoms with E-state index in [2.05, 4.69) is 12.1 Å². The van der Waals surface area contributed by atoms with Gasteiger partial charge in [-0.05, 0) is 20.8 Å². The Labute approximate surface area is 55.3 Å². The van der Waals surface area contributed by atoms with Crippen molar-refractivity contribution >= 4 is 0 Å². The van der Waals surface area contributed by atoms with Crippen molar-refractivity contribution < 1.29 is 9.94 Å². The van der Waals surface area contributed by atoms with Crippen LogP contribution >= 0.6 is 0 Å². The zero-order valence-electron chi connectivity index (χ0n) is 6.06. The van der Waals surface area contributed by atoms with Crippen LogP contribution in [0.1, 0.15) is 20.8 Å². The van der Waals surface area contributed by atoms with Gasteiger partial charge in [-0.1, -0.05) is 6.58 Å². The maximum atomic E-state index is 8.94. The zero-order chi connectivity index (χ0) is 7.49. The molecule has 9 heavy (non-hydrogen) atoms. The van der Waals surface area contributed by atoms with Gasteiger partial charge in [0.15, 0.2) is 5.79 Å². The summed E-state index contributed by atoms with van der Waals surface area (Å²) in [7, 11) is 0. The third-order valence-electron chi connectivity index (χ3n) is 0.475. The van der Waals surface area contributed by atoms with Gasteiger partial charge in [0.25, 0.3) is 0 Å². The topological polar surface area (TPSA) is 41.5 Å². The minimum Gasteiger partial charge on any atom is -0.364 e. The maximum absolute atomic E-state index is 8.94. The minimum absolute atomic E-state index is 0.664. The fourth-order valence-electron chi connectivity index (χ4n) is 0.212. The highest BCUT2D eigenvalue weighted by molar-refractivity contribution is 4.79. The molecule has 0 saturated carbocycles. The van der Waals surface area contributed by atoms with Gasteiger partial charge in [0.05, 0.1) is 0 Å². The molecule has 3 nitrogen and oxygen atoms in total. The Bertz CT molecular complexity index is 104. The summed E-state index contributed by atoms with van der Waals surface area (Å²) in [6, 6.07) is 0. The lowest BCUT2D eigenvalue weighted by molar-refractivity contribution is -0.207. The average molecular weight is 131 g/mol. The van der Waals surface area contributed by atoms with Crippen molar-refractivity contribution in [3.05, 3.63) is 12.3 Å². The molecule has 0 fully saturated rings. The molecule has 0 aliphatic rings. The van der Waals surface area contributed by atoms with E-state index in [9.17, 15) is 0 Å². The lowest BCUT2D eigenvalue weighted by Gasteiger charge is -2.17. The molecular weight excluding hydrogens is 118 g/mol.